The summed E-state index contributed by atoms with van der Waals surface area (Å²) in [7, 11) is 3.17. The first-order chi connectivity index (χ1) is 15.7. The van der Waals surface area contributed by atoms with E-state index in [1.54, 1.807) is 38.5 Å². The van der Waals surface area contributed by atoms with E-state index in [2.05, 4.69) is 17.5 Å². The van der Waals surface area contributed by atoms with E-state index in [0.29, 0.717) is 23.7 Å². The third kappa shape index (κ3) is 9.00. The van der Waals surface area contributed by atoms with Crippen molar-refractivity contribution in [2.45, 2.75) is 58.3 Å². The molecule has 6 heteroatoms. The van der Waals surface area contributed by atoms with Crippen LogP contribution in [0.4, 0.5) is 0 Å². The lowest BCUT2D eigenvalue weighted by Crippen LogP contribution is -2.17. The SMILES string of the molecule is CCCCCCCCCCOc1ccc(C(=O)NN=Cc2ccc(OC)cc2OC)cc1. The summed E-state index contributed by atoms with van der Waals surface area (Å²) in [5.74, 6) is 1.78. The Bertz CT molecular complexity index is 834. The molecule has 2 rings (SSSR count). The molecule has 174 valence electrons. The molecule has 0 radical (unpaired) electrons. The van der Waals surface area contributed by atoms with Crippen molar-refractivity contribution < 1.29 is 19.0 Å². The van der Waals surface area contributed by atoms with Crippen LogP contribution in [-0.4, -0.2) is 32.9 Å². The van der Waals surface area contributed by atoms with Crippen LogP contribution in [0.1, 0.15) is 74.2 Å². The molecule has 0 aliphatic rings. The van der Waals surface area contributed by atoms with E-state index in [9.17, 15) is 4.79 Å². The fourth-order valence-electron chi connectivity index (χ4n) is 3.28. The average Bonchev–Trinajstić information content (AvgIpc) is 2.83. The normalized spacial score (nSPS) is 10.8. The first-order valence-electron chi connectivity index (χ1n) is 11.5. The highest BCUT2D eigenvalue weighted by molar-refractivity contribution is 5.95. The van der Waals surface area contributed by atoms with Crippen LogP contribution < -0.4 is 19.6 Å². The number of hydrogen-bond donors (Lipinski definition) is 1. The van der Waals surface area contributed by atoms with Crippen LogP contribution in [0.25, 0.3) is 0 Å². The number of hydrogen-bond acceptors (Lipinski definition) is 5. The Morgan fingerprint density at radius 1 is 0.875 bits per heavy atom. The van der Waals surface area contributed by atoms with Crippen LogP contribution in [0.3, 0.4) is 0 Å². The summed E-state index contributed by atoms with van der Waals surface area (Å²) in [4.78, 5) is 12.3. The third-order valence-corrected chi connectivity index (χ3v) is 5.19. The van der Waals surface area contributed by atoms with E-state index in [0.717, 1.165) is 17.7 Å². The van der Waals surface area contributed by atoms with Crippen LogP contribution in [-0.2, 0) is 0 Å². The first kappa shape index (κ1) is 25.2. The Hall–Kier alpha value is -3.02. The van der Waals surface area contributed by atoms with E-state index < -0.39 is 0 Å². The van der Waals surface area contributed by atoms with Crippen LogP contribution in [0.5, 0.6) is 17.2 Å². The zero-order valence-electron chi connectivity index (χ0n) is 19.6. The Kier molecular flexibility index (Phi) is 11.7. The molecule has 0 heterocycles. The third-order valence-electron chi connectivity index (χ3n) is 5.19. The van der Waals surface area contributed by atoms with Crippen molar-refractivity contribution in [2.75, 3.05) is 20.8 Å². The second-order valence-electron chi connectivity index (χ2n) is 7.65. The summed E-state index contributed by atoms with van der Waals surface area (Å²) in [6.07, 6.45) is 11.7. The number of methoxy groups -OCH3 is 2. The molecule has 0 saturated carbocycles. The molecule has 1 N–H and O–H groups in total. The number of carbonyl (C=O) groups is 1. The average molecular weight is 441 g/mol. The zero-order valence-corrected chi connectivity index (χ0v) is 19.6. The van der Waals surface area contributed by atoms with Crippen molar-refractivity contribution in [1.82, 2.24) is 5.43 Å². The largest absolute Gasteiger partial charge is 0.497 e. The number of benzene rings is 2. The molecule has 0 aromatic heterocycles. The van der Waals surface area contributed by atoms with Gasteiger partial charge in [0, 0.05) is 17.2 Å². The highest BCUT2D eigenvalue weighted by Gasteiger charge is 2.06. The van der Waals surface area contributed by atoms with E-state index in [1.165, 1.54) is 51.2 Å². The van der Waals surface area contributed by atoms with E-state index in [1.807, 2.05) is 18.2 Å². The maximum Gasteiger partial charge on any atom is 0.271 e. The van der Waals surface area contributed by atoms with Gasteiger partial charge in [0.05, 0.1) is 27.0 Å². The van der Waals surface area contributed by atoms with Gasteiger partial charge in [0.15, 0.2) is 0 Å². The summed E-state index contributed by atoms with van der Waals surface area (Å²) in [6, 6.07) is 12.5. The molecular weight excluding hydrogens is 404 g/mol. The maximum atomic E-state index is 12.3. The summed E-state index contributed by atoms with van der Waals surface area (Å²) in [5.41, 5.74) is 3.79. The molecular formula is C26H36N2O4. The molecule has 6 nitrogen and oxygen atoms in total. The lowest BCUT2D eigenvalue weighted by molar-refractivity contribution is 0.0955. The monoisotopic (exact) mass is 440 g/mol. The van der Waals surface area contributed by atoms with Crippen molar-refractivity contribution in [3.63, 3.8) is 0 Å². The van der Waals surface area contributed by atoms with E-state index >= 15 is 0 Å². The molecule has 0 spiro atoms. The van der Waals surface area contributed by atoms with Gasteiger partial charge >= 0.3 is 0 Å². The summed E-state index contributed by atoms with van der Waals surface area (Å²) >= 11 is 0. The van der Waals surface area contributed by atoms with Gasteiger partial charge in [-0.25, -0.2) is 5.43 Å². The van der Waals surface area contributed by atoms with Gasteiger partial charge in [0.1, 0.15) is 17.2 Å². The predicted molar refractivity (Wildman–Crippen MR) is 129 cm³/mol. The summed E-state index contributed by atoms with van der Waals surface area (Å²) in [6.45, 7) is 2.94. The quantitative estimate of drug-likeness (QED) is 0.210. The van der Waals surface area contributed by atoms with E-state index in [-0.39, 0.29) is 5.91 Å². The van der Waals surface area contributed by atoms with Crippen molar-refractivity contribution in [3.05, 3.63) is 53.6 Å². The highest BCUT2D eigenvalue weighted by atomic mass is 16.5. The van der Waals surface area contributed by atoms with Gasteiger partial charge in [0.2, 0.25) is 0 Å². The van der Waals surface area contributed by atoms with Crippen LogP contribution in [0.15, 0.2) is 47.6 Å². The van der Waals surface area contributed by atoms with Gasteiger partial charge in [-0.05, 0) is 42.8 Å². The molecule has 0 fully saturated rings. The van der Waals surface area contributed by atoms with Crippen LogP contribution in [0.2, 0.25) is 0 Å². The van der Waals surface area contributed by atoms with E-state index in [4.69, 9.17) is 14.2 Å². The molecule has 0 bridgehead atoms. The summed E-state index contributed by atoms with van der Waals surface area (Å²) in [5, 5.41) is 4.03. The fourth-order valence-corrected chi connectivity index (χ4v) is 3.28. The first-order valence-corrected chi connectivity index (χ1v) is 11.5. The number of hydrazone groups is 1. The number of ether oxygens (including phenoxy) is 3. The van der Waals surface area contributed by atoms with Gasteiger partial charge in [-0.15, -0.1) is 0 Å². The molecule has 32 heavy (non-hydrogen) atoms. The van der Waals surface area contributed by atoms with Crippen LogP contribution in [0, 0.1) is 0 Å². The molecule has 1 amide bonds. The van der Waals surface area contributed by atoms with Crippen molar-refractivity contribution in [1.29, 1.82) is 0 Å². The lowest BCUT2D eigenvalue weighted by Gasteiger charge is -2.08. The molecule has 0 aliphatic carbocycles. The Morgan fingerprint density at radius 3 is 2.19 bits per heavy atom. The lowest BCUT2D eigenvalue weighted by atomic mass is 10.1. The Morgan fingerprint density at radius 2 is 1.53 bits per heavy atom. The number of amides is 1. The Balaban J connectivity index is 1.71. The van der Waals surface area contributed by atoms with Crippen molar-refractivity contribution in [2.24, 2.45) is 5.10 Å². The minimum absolute atomic E-state index is 0.289. The number of unbranched alkanes of at least 4 members (excludes halogenated alkanes) is 7. The second kappa shape index (κ2) is 14.9. The summed E-state index contributed by atoms with van der Waals surface area (Å²) < 4.78 is 16.3. The molecule has 0 unspecified atom stereocenters. The minimum atomic E-state index is -0.289. The smallest absolute Gasteiger partial charge is 0.271 e. The molecule has 0 saturated heterocycles. The second-order valence-corrected chi connectivity index (χ2v) is 7.65. The molecule has 0 atom stereocenters. The number of nitrogens with one attached hydrogen (secondary N) is 1. The van der Waals surface area contributed by atoms with Crippen molar-refractivity contribution in [3.8, 4) is 17.2 Å². The van der Waals surface area contributed by atoms with Gasteiger partial charge < -0.3 is 14.2 Å². The zero-order chi connectivity index (χ0) is 23.0. The minimum Gasteiger partial charge on any atom is -0.497 e. The number of rotatable bonds is 15. The fraction of sp³-hybridized carbons (Fsp3) is 0.462. The topological polar surface area (TPSA) is 69.2 Å². The molecule has 2 aromatic carbocycles. The Labute approximate surface area is 192 Å². The highest BCUT2D eigenvalue weighted by Crippen LogP contribution is 2.23. The van der Waals surface area contributed by atoms with Crippen LogP contribution >= 0.6 is 0 Å². The number of carbonyl (C=O) groups excluding carboxylic acids is 1. The molecule has 0 aliphatic heterocycles. The van der Waals surface area contributed by atoms with Gasteiger partial charge in [0.25, 0.3) is 5.91 Å². The van der Waals surface area contributed by atoms with Gasteiger partial charge in [-0.3, -0.25) is 4.79 Å². The van der Waals surface area contributed by atoms with Gasteiger partial charge in [-0.2, -0.15) is 5.10 Å². The number of nitrogens with zero attached hydrogens (tertiary/aromatic N) is 1. The standard InChI is InChI=1S/C26H36N2O4/c1-4-5-6-7-8-9-10-11-18-32-23-15-12-21(13-16-23)26(29)28-27-20-22-14-17-24(30-2)19-25(22)31-3/h12-17,19-20H,4-11,18H2,1-3H3,(H,28,29). The molecule has 2 aromatic rings. The maximum absolute atomic E-state index is 12.3. The predicted octanol–water partition coefficient (Wildman–Crippen LogP) is 5.99. The van der Waals surface area contributed by atoms with Crippen molar-refractivity contribution >= 4 is 12.1 Å². The van der Waals surface area contributed by atoms with Gasteiger partial charge in [-0.1, -0.05) is 51.9 Å².